The quantitative estimate of drug-likeness (QED) is 0.383. The van der Waals surface area contributed by atoms with Crippen LogP contribution >= 0.6 is 11.6 Å². The maximum atomic E-state index is 11.5. The first-order valence-electron chi connectivity index (χ1n) is 12.1. The normalized spacial score (nSPS) is 16.7. The van der Waals surface area contributed by atoms with E-state index >= 15 is 0 Å². The second-order valence-electron chi connectivity index (χ2n) is 9.27. The van der Waals surface area contributed by atoms with Crippen LogP contribution in [0.1, 0.15) is 25.3 Å². The number of hydrogen-bond acceptors (Lipinski definition) is 6. The number of ether oxygens (including phenoxy) is 2. The van der Waals surface area contributed by atoms with Gasteiger partial charge >= 0.3 is 6.01 Å². The van der Waals surface area contributed by atoms with E-state index in [9.17, 15) is 4.79 Å². The van der Waals surface area contributed by atoms with Crippen molar-refractivity contribution >= 4 is 34.4 Å². The highest BCUT2D eigenvalue weighted by atomic mass is 35.5. The van der Waals surface area contributed by atoms with Crippen LogP contribution in [0.3, 0.4) is 0 Å². The Kier molecular flexibility index (Phi) is 5.78. The monoisotopic (exact) mass is 503 g/mol. The highest BCUT2D eigenvalue weighted by Gasteiger charge is 2.45. The number of aromatic nitrogens is 3. The van der Waals surface area contributed by atoms with E-state index in [1.54, 1.807) is 6.92 Å². The van der Waals surface area contributed by atoms with Crippen molar-refractivity contribution in [3.8, 4) is 23.0 Å². The Morgan fingerprint density at radius 2 is 1.81 bits per heavy atom. The highest BCUT2D eigenvalue weighted by molar-refractivity contribution is 6.33. The molecule has 0 unspecified atom stereocenters. The summed E-state index contributed by atoms with van der Waals surface area (Å²) >= 11 is 6.59. The molecule has 2 fully saturated rings. The van der Waals surface area contributed by atoms with E-state index < -0.39 is 0 Å². The summed E-state index contributed by atoms with van der Waals surface area (Å²) in [6, 6.07) is 18.1. The average Bonchev–Trinajstić information content (AvgIpc) is 3.56. The van der Waals surface area contributed by atoms with Gasteiger partial charge in [-0.2, -0.15) is 4.98 Å². The first kappa shape index (κ1) is 22.8. The number of amides is 1. The van der Waals surface area contributed by atoms with Gasteiger partial charge in [0, 0.05) is 31.3 Å². The third-order valence-corrected chi connectivity index (χ3v) is 7.00. The van der Waals surface area contributed by atoms with Crippen LogP contribution in [0.25, 0.3) is 22.4 Å². The molecule has 3 heterocycles. The van der Waals surface area contributed by atoms with E-state index in [4.69, 9.17) is 26.1 Å². The first-order valence-corrected chi connectivity index (χ1v) is 12.4. The van der Waals surface area contributed by atoms with E-state index in [1.165, 1.54) is 0 Å². The zero-order chi connectivity index (χ0) is 24.7. The van der Waals surface area contributed by atoms with Crippen molar-refractivity contribution in [3.05, 3.63) is 65.2 Å². The van der Waals surface area contributed by atoms with Gasteiger partial charge in [-0.1, -0.05) is 35.9 Å². The summed E-state index contributed by atoms with van der Waals surface area (Å²) in [5, 5.41) is 3.59. The molecular weight excluding hydrogens is 478 g/mol. The van der Waals surface area contributed by atoms with Crippen LogP contribution < -0.4 is 15.0 Å². The number of carbonyl (C=O) groups is 1. The van der Waals surface area contributed by atoms with Gasteiger partial charge in [-0.15, -0.1) is 0 Å². The molecule has 0 atom stereocenters. The van der Waals surface area contributed by atoms with Gasteiger partial charge in [0.15, 0.2) is 5.65 Å². The lowest BCUT2D eigenvalue weighted by Gasteiger charge is -2.28. The Hall–Kier alpha value is -3.62. The Labute approximate surface area is 213 Å². The van der Waals surface area contributed by atoms with Gasteiger partial charge in [0.05, 0.1) is 35.0 Å². The van der Waals surface area contributed by atoms with Crippen molar-refractivity contribution < 1.29 is 14.3 Å². The zero-order valence-electron chi connectivity index (χ0n) is 19.9. The molecule has 36 heavy (non-hydrogen) atoms. The molecule has 2 aliphatic rings. The number of anilines is 1. The van der Waals surface area contributed by atoms with Crippen LogP contribution in [-0.2, 0) is 15.1 Å². The fourth-order valence-corrected chi connectivity index (χ4v) is 4.96. The van der Waals surface area contributed by atoms with Gasteiger partial charge in [0.25, 0.3) is 0 Å². The fraction of sp³-hybridized carbons (Fsp3) is 0.296. The second-order valence-corrected chi connectivity index (χ2v) is 9.68. The van der Waals surface area contributed by atoms with Crippen molar-refractivity contribution in [1.82, 2.24) is 20.3 Å². The molecule has 184 valence electrons. The number of fused-ring (bicyclic) bond motifs is 1. The fourth-order valence-electron chi connectivity index (χ4n) is 4.70. The van der Waals surface area contributed by atoms with E-state index in [2.05, 4.69) is 32.3 Å². The van der Waals surface area contributed by atoms with Gasteiger partial charge in [-0.25, -0.2) is 4.98 Å². The number of pyridine rings is 1. The Morgan fingerprint density at radius 3 is 2.47 bits per heavy atom. The lowest BCUT2D eigenvalue weighted by Crippen LogP contribution is -2.36. The standard InChI is InChI=1S/C27H26ClN5O3/c1-17(34)32-27(10-11-27)19-4-8-21(9-5-19)36-26-29-23-16-22(28)24(30-25(23)31-26)18-2-6-20(7-3-18)33-12-14-35-15-13-33/h2-9,16H,10-15H2,1H3,(H,32,34)(H,29,30,31). The van der Waals surface area contributed by atoms with Crippen molar-refractivity contribution in [2.75, 3.05) is 31.2 Å². The minimum Gasteiger partial charge on any atom is -0.426 e. The number of carbonyl (C=O) groups excluding carboxylic acids is 1. The molecule has 0 spiro atoms. The molecule has 4 aromatic rings. The molecule has 9 heteroatoms. The number of nitrogens with one attached hydrogen (secondary N) is 2. The Bertz CT molecular complexity index is 1410. The van der Waals surface area contributed by atoms with E-state index in [0.29, 0.717) is 33.6 Å². The number of nitrogens with zero attached hydrogens (tertiary/aromatic N) is 3. The van der Waals surface area contributed by atoms with Crippen LogP contribution in [0.4, 0.5) is 5.69 Å². The number of H-pyrrole nitrogens is 1. The number of benzene rings is 2. The van der Waals surface area contributed by atoms with Gasteiger partial charge < -0.3 is 24.7 Å². The predicted octanol–water partition coefficient (Wildman–Crippen LogP) is 5.03. The van der Waals surface area contributed by atoms with Gasteiger partial charge in [-0.3, -0.25) is 4.79 Å². The lowest BCUT2D eigenvalue weighted by atomic mass is 10.0. The number of hydrogen-bond donors (Lipinski definition) is 2. The average molecular weight is 504 g/mol. The largest absolute Gasteiger partial charge is 0.426 e. The molecule has 6 rings (SSSR count). The number of rotatable bonds is 6. The van der Waals surface area contributed by atoms with Crippen LogP contribution in [0.5, 0.6) is 11.8 Å². The van der Waals surface area contributed by atoms with Gasteiger partial charge in [0.1, 0.15) is 5.75 Å². The van der Waals surface area contributed by atoms with Crippen molar-refractivity contribution in [1.29, 1.82) is 0 Å². The summed E-state index contributed by atoms with van der Waals surface area (Å²) < 4.78 is 11.4. The third-order valence-electron chi connectivity index (χ3n) is 6.71. The predicted molar refractivity (Wildman–Crippen MR) is 139 cm³/mol. The summed E-state index contributed by atoms with van der Waals surface area (Å²) in [4.78, 5) is 26.2. The van der Waals surface area contributed by atoms with Crippen LogP contribution in [0.15, 0.2) is 54.6 Å². The summed E-state index contributed by atoms with van der Waals surface area (Å²) in [7, 11) is 0. The SMILES string of the molecule is CC(=O)NC1(c2ccc(Oc3nc4nc(-c5ccc(N6CCOCC6)cc5)c(Cl)cc4[nH]3)cc2)CC1. The Balaban J connectivity index is 1.20. The number of imidazole rings is 1. The molecule has 2 aromatic heterocycles. The maximum Gasteiger partial charge on any atom is 0.301 e. The molecule has 1 saturated carbocycles. The maximum absolute atomic E-state index is 11.5. The smallest absolute Gasteiger partial charge is 0.301 e. The summed E-state index contributed by atoms with van der Waals surface area (Å²) in [5.74, 6) is 0.620. The van der Waals surface area contributed by atoms with E-state index in [1.807, 2.05) is 42.5 Å². The van der Waals surface area contributed by atoms with Gasteiger partial charge in [-0.05, 0) is 48.7 Å². The Morgan fingerprint density at radius 1 is 1.08 bits per heavy atom. The molecule has 1 aliphatic carbocycles. The summed E-state index contributed by atoms with van der Waals surface area (Å²) in [6.45, 7) is 4.82. The molecular formula is C27H26ClN5O3. The van der Waals surface area contributed by atoms with E-state index in [0.717, 1.165) is 56.0 Å². The first-order chi connectivity index (χ1) is 17.5. The minimum atomic E-state index is -0.235. The second kappa shape index (κ2) is 9.11. The molecule has 1 saturated heterocycles. The molecule has 0 radical (unpaired) electrons. The van der Waals surface area contributed by atoms with Crippen molar-refractivity contribution in [2.24, 2.45) is 0 Å². The van der Waals surface area contributed by atoms with Crippen LogP contribution in [0.2, 0.25) is 5.02 Å². The minimum absolute atomic E-state index is 0.0197. The molecule has 8 nitrogen and oxygen atoms in total. The molecule has 2 aromatic carbocycles. The summed E-state index contributed by atoms with van der Waals surface area (Å²) in [6.07, 6.45) is 1.89. The van der Waals surface area contributed by atoms with Crippen LogP contribution in [-0.4, -0.2) is 47.2 Å². The number of halogens is 1. The van der Waals surface area contributed by atoms with Crippen LogP contribution in [0, 0.1) is 0 Å². The van der Waals surface area contributed by atoms with Gasteiger partial charge in [0.2, 0.25) is 5.91 Å². The lowest BCUT2D eigenvalue weighted by molar-refractivity contribution is -0.120. The molecule has 1 aliphatic heterocycles. The molecule has 1 amide bonds. The third kappa shape index (κ3) is 4.50. The topological polar surface area (TPSA) is 92.4 Å². The van der Waals surface area contributed by atoms with Crippen molar-refractivity contribution in [2.45, 2.75) is 25.3 Å². The molecule has 2 N–H and O–H groups in total. The number of aromatic amines is 1. The molecule has 0 bridgehead atoms. The highest BCUT2D eigenvalue weighted by Crippen LogP contribution is 2.45. The number of morpholine rings is 1. The van der Waals surface area contributed by atoms with E-state index in [-0.39, 0.29) is 11.4 Å². The summed E-state index contributed by atoms with van der Waals surface area (Å²) in [5.41, 5.74) is 4.82. The zero-order valence-corrected chi connectivity index (χ0v) is 20.6. The van der Waals surface area contributed by atoms with Crippen molar-refractivity contribution in [3.63, 3.8) is 0 Å².